The minimum absolute atomic E-state index is 0.432. The molecule has 6 nitrogen and oxygen atoms in total. The summed E-state index contributed by atoms with van der Waals surface area (Å²) in [5, 5.41) is 0. The van der Waals surface area contributed by atoms with Crippen LogP contribution in [0.5, 0.6) is 0 Å². The quantitative estimate of drug-likeness (QED) is 0.204. The minimum atomic E-state index is -7.85. The lowest BCUT2D eigenvalue weighted by Gasteiger charge is -2.40. The van der Waals surface area contributed by atoms with Gasteiger partial charge in [-0.15, -0.1) is 0 Å². The van der Waals surface area contributed by atoms with Crippen molar-refractivity contribution in [2.24, 2.45) is 0 Å². The van der Waals surface area contributed by atoms with Crippen LogP contribution >= 0.6 is 0 Å². The Morgan fingerprint density at radius 2 is 1.03 bits per heavy atom. The van der Waals surface area contributed by atoms with Crippen LogP contribution in [0.4, 0.5) is 57.5 Å². The molecular formula is C12H10F12O6. The molecule has 0 radical (unpaired) electrons. The molecule has 0 amide bonds. The van der Waals surface area contributed by atoms with E-state index in [0.29, 0.717) is 14.0 Å². The van der Waals surface area contributed by atoms with Crippen molar-refractivity contribution in [1.82, 2.24) is 0 Å². The second kappa shape index (κ2) is 8.54. The number of carbonyl (C=O) groups is 2. The van der Waals surface area contributed by atoms with Crippen molar-refractivity contribution in [2.45, 2.75) is 42.5 Å². The zero-order valence-corrected chi connectivity index (χ0v) is 14.4. The molecule has 0 aromatic heterocycles. The van der Waals surface area contributed by atoms with Gasteiger partial charge in [-0.1, -0.05) is 0 Å². The minimum Gasteiger partial charge on any atom is -0.438 e. The van der Waals surface area contributed by atoms with Gasteiger partial charge in [0, 0.05) is 6.92 Å². The van der Waals surface area contributed by atoms with Crippen LogP contribution < -0.4 is 0 Å². The van der Waals surface area contributed by atoms with E-state index in [9.17, 15) is 62.3 Å². The summed E-state index contributed by atoms with van der Waals surface area (Å²) < 4.78 is 167. The lowest BCUT2D eigenvalue weighted by atomic mass is 9.91. The van der Waals surface area contributed by atoms with E-state index in [1.807, 2.05) is 0 Å². The standard InChI is InChI=1S/C12H10F12O6/c1-5(25)30-29-4-8(15,16)10(19,20)12(23,24)11(21,22)9(17,18)7(13,14)3-28-6(26)27-2/h3-4H2,1-2H3. The van der Waals surface area contributed by atoms with Gasteiger partial charge in [0.05, 0.1) is 7.11 Å². The van der Waals surface area contributed by atoms with Gasteiger partial charge in [0.2, 0.25) is 0 Å². The highest BCUT2D eigenvalue weighted by Crippen LogP contribution is 2.60. The Balaban J connectivity index is 6.00. The Morgan fingerprint density at radius 3 is 1.37 bits per heavy atom. The van der Waals surface area contributed by atoms with Crippen LogP contribution in [-0.2, 0) is 24.0 Å². The molecule has 0 aliphatic heterocycles. The Morgan fingerprint density at radius 1 is 0.667 bits per heavy atom. The van der Waals surface area contributed by atoms with Gasteiger partial charge in [0.15, 0.2) is 13.2 Å². The summed E-state index contributed by atoms with van der Waals surface area (Å²) >= 11 is 0. The summed E-state index contributed by atoms with van der Waals surface area (Å²) in [4.78, 5) is 27.0. The van der Waals surface area contributed by atoms with Crippen molar-refractivity contribution in [2.75, 3.05) is 20.3 Å². The number of hydrogen-bond acceptors (Lipinski definition) is 6. The van der Waals surface area contributed by atoms with Gasteiger partial charge in [-0.25, -0.2) is 9.59 Å². The summed E-state index contributed by atoms with van der Waals surface area (Å²) in [7, 11) is 0.432. The van der Waals surface area contributed by atoms with Crippen molar-refractivity contribution in [3.8, 4) is 0 Å². The zero-order valence-electron chi connectivity index (χ0n) is 14.4. The first-order valence-corrected chi connectivity index (χ1v) is 6.90. The lowest BCUT2D eigenvalue weighted by Crippen LogP contribution is -2.71. The van der Waals surface area contributed by atoms with E-state index in [1.54, 1.807) is 0 Å². The number of rotatable bonds is 10. The SMILES string of the molecule is COC(=O)OCC(F)(F)C(F)(F)C(F)(F)C(F)(F)C(F)(F)C(F)(F)COOC(C)=O. The maximum absolute atomic E-state index is 13.5. The van der Waals surface area contributed by atoms with E-state index in [0.717, 1.165) is 0 Å². The molecule has 0 heterocycles. The van der Waals surface area contributed by atoms with Gasteiger partial charge >= 0.3 is 47.7 Å². The number of ether oxygens (including phenoxy) is 2. The molecule has 30 heavy (non-hydrogen) atoms. The highest BCUT2D eigenvalue weighted by molar-refractivity contribution is 5.65. The molecule has 0 aliphatic rings. The molecular weight excluding hydrogens is 468 g/mol. The average Bonchev–Trinajstić information content (AvgIpc) is 2.58. The van der Waals surface area contributed by atoms with Crippen molar-refractivity contribution in [3.63, 3.8) is 0 Å². The maximum Gasteiger partial charge on any atom is 0.508 e. The van der Waals surface area contributed by atoms with Crippen LogP contribution in [-0.4, -0.2) is 68.0 Å². The second-order valence-electron chi connectivity index (χ2n) is 5.29. The van der Waals surface area contributed by atoms with E-state index < -0.39 is 60.9 Å². The van der Waals surface area contributed by atoms with Crippen LogP contribution in [0.1, 0.15) is 6.92 Å². The molecule has 0 saturated heterocycles. The molecule has 0 aromatic carbocycles. The Kier molecular flexibility index (Phi) is 7.93. The number of halogens is 12. The maximum atomic E-state index is 13.5. The van der Waals surface area contributed by atoms with Crippen LogP contribution in [0.3, 0.4) is 0 Å². The lowest BCUT2D eigenvalue weighted by molar-refractivity contribution is -0.434. The normalized spacial score (nSPS) is 14.3. The van der Waals surface area contributed by atoms with E-state index >= 15 is 0 Å². The van der Waals surface area contributed by atoms with Gasteiger partial charge in [-0.3, -0.25) is 4.89 Å². The molecule has 0 unspecified atom stereocenters. The third-order valence-electron chi connectivity index (χ3n) is 3.06. The molecule has 0 bridgehead atoms. The predicted octanol–water partition coefficient (Wildman–Crippen LogP) is 4.08. The summed E-state index contributed by atoms with van der Waals surface area (Å²) in [6, 6.07) is 0. The molecule has 0 aliphatic carbocycles. The first-order chi connectivity index (χ1) is 13.1. The number of methoxy groups -OCH3 is 1. The Labute approximate surface area is 157 Å². The number of hydrogen-bond donors (Lipinski definition) is 0. The molecule has 0 atom stereocenters. The molecule has 0 fully saturated rings. The Bertz CT molecular complexity index is 635. The molecule has 0 N–H and O–H groups in total. The van der Waals surface area contributed by atoms with Crippen molar-refractivity contribution >= 4 is 12.1 Å². The summed E-state index contributed by atoms with van der Waals surface area (Å²) in [6.45, 7) is -5.67. The van der Waals surface area contributed by atoms with Gasteiger partial charge in [-0.05, 0) is 0 Å². The molecule has 0 rings (SSSR count). The summed E-state index contributed by atoms with van der Waals surface area (Å²) in [5.74, 6) is -45.1. The van der Waals surface area contributed by atoms with Crippen LogP contribution in [0.2, 0.25) is 0 Å². The predicted molar refractivity (Wildman–Crippen MR) is 65.8 cm³/mol. The molecule has 0 spiro atoms. The van der Waals surface area contributed by atoms with Crippen molar-refractivity contribution in [3.05, 3.63) is 0 Å². The molecule has 18 heteroatoms. The van der Waals surface area contributed by atoms with E-state index in [4.69, 9.17) is 0 Å². The van der Waals surface area contributed by atoms with Gasteiger partial charge in [-0.2, -0.15) is 57.6 Å². The first kappa shape index (κ1) is 27.9. The summed E-state index contributed by atoms with van der Waals surface area (Å²) in [6.07, 6.45) is -2.18. The fraction of sp³-hybridized carbons (Fsp3) is 0.833. The molecule has 0 aromatic rings. The van der Waals surface area contributed by atoms with Crippen LogP contribution in [0, 0.1) is 0 Å². The Hall–Kier alpha value is -2.14. The smallest absolute Gasteiger partial charge is 0.438 e. The van der Waals surface area contributed by atoms with E-state index in [1.165, 1.54) is 0 Å². The summed E-state index contributed by atoms with van der Waals surface area (Å²) in [5.41, 5.74) is 0. The van der Waals surface area contributed by atoms with Gasteiger partial charge in [0.1, 0.15) is 0 Å². The number of alkyl halides is 12. The van der Waals surface area contributed by atoms with Crippen molar-refractivity contribution in [1.29, 1.82) is 0 Å². The second-order valence-corrected chi connectivity index (χ2v) is 5.29. The van der Waals surface area contributed by atoms with Crippen LogP contribution in [0.15, 0.2) is 0 Å². The fourth-order valence-corrected chi connectivity index (χ4v) is 1.43. The average molecular weight is 478 g/mol. The monoisotopic (exact) mass is 478 g/mol. The topological polar surface area (TPSA) is 71.1 Å². The van der Waals surface area contributed by atoms with Crippen molar-refractivity contribution < 1.29 is 81.5 Å². The third-order valence-corrected chi connectivity index (χ3v) is 3.06. The number of carbonyl (C=O) groups excluding carboxylic acids is 2. The molecule has 178 valence electrons. The van der Waals surface area contributed by atoms with Gasteiger partial charge < -0.3 is 9.47 Å². The zero-order chi connectivity index (χ0) is 24.4. The van der Waals surface area contributed by atoms with Gasteiger partial charge in [0.25, 0.3) is 0 Å². The first-order valence-electron chi connectivity index (χ1n) is 6.90. The third kappa shape index (κ3) is 4.77. The fourth-order valence-electron chi connectivity index (χ4n) is 1.43. The largest absolute Gasteiger partial charge is 0.508 e. The highest BCUT2D eigenvalue weighted by atomic mass is 19.4. The van der Waals surface area contributed by atoms with Crippen LogP contribution in [0.25, 0.3) is 0 Å². The highest BCUT2D eigenvalue weighted by Gasteiger charge is 2.90. The molecule has 0 saturated carbocycles. The van der Waals surface area contributed by atoms with E-state index in [2.05, 4.69) is 19.2 Å². The van der Waals surface area contributed by atoms with E-state index in [-0.39, 0.29) is 0 Å².